The molecule has 4 rings (SSSR count). The Balaban J connectivity index is 1.93. The van der Waals surface area contributed by atoms with Gasteiger partial charge in [0, 0.05) is 22.2 Å². The molecule has 0 amide bonds. The van der Waals surface area contributed by atoms with Gasteiger partial charge in [0.1, 0.15) is 17.2 Å². The zero-order valence-electron chi connectivity index (χ0n) is 18.1. The molecule has 0 saturated heterocycles. The number of benzene rings is 3. The summed E-state index contributed by atoms with van der Waals surface area (Å²) in [7, 11) is 1.49. The highest BCUT2D eigenvalue weighted by Gasteiger charge is 2.30. The maximum absolute atomic E-state index is 12.9. The van der Waals surface area contributed by atoms with Crippen molar-refractivity contribution >= 4 is 22.8 Å². The maximum Gasteiger partial charge on any atom is 0.416 e. The predicted molar refractivity (Wildman–Crippen MR) is 120 cm³/mol. The number of rotatable bonds is 7. The lowest BCUT2D eigenvalue weighted by molar-refractivity contribution is -0.138. The summed E-state index contributed by atoms with van der Waals surface area (Å²) in [6, 6.07) is 13.8. The molecule has 7 nitrogen and oxygen atoms in total. The molecule has 0 saturated carbocycles. The summed E-state index contributed by atoms with van der Waals surface area (Å²) in [4.78, 5) is 26.4. The Labute approximate surface area is 196 Å². The molecule has 35 heavy (non-hydrogen) atoms. The molecule has 0 radical (unpaired) electrons. The molecular formula is C25H18F3NO6. The van der Waals surface area contributed by atoms with E-state index in [4.69, 9.17) is 9.47 Å². The summed E-state index contributed by atoms with van der Waals surface area (Å²) >= 11 is 0. The summed E-state index contributed by atoms with van der Waals surface area (Å²) in [5, 5.41) is 19.4. The summed E-state index contributed by atoms with van der Waals surface area (Å²) in [5.74, 6) is -1.73. The number of halogens is 3. The first kappa shape index (κ1) is 23.7. The van der Waals surface area contributed by atoms with Crippen molar-refractivity contribution in [3.8, 4) is 28.4 Å². The molecule has 180 valence electrons. The zero-order chi connectivity index (χ0) is 25.3. The average molecular weight is 485 g/mol. The molecule has 0 fully saturated rings. The number of H-pyrrole nitrogens is 1. The monoisotopic (exact) mass is 485 g/mol. The third-order valence-corrected chi connectivity index (χ3v) is 5.33. The molecule has 0 spiro atoms. The highest BCUT2D eigenvalue weighted by Crippen LogP contribution is 2.42. The molecule has 1 heterocycles. The number of aromatic amines is 1. The summed E-state index contributed by atoms with van der Waals surface area (Å²) < 4.78 is 49.9. The number of aromatic nitrogens is 1. The number of aliphatic carboxylic acids is 1. The Morgan fingerprint density at radius 2 is 1.54 bits per heavy atom. The molecule has 0 aliphatic carbocycles. The van der Waals surface area contributed by atoms with Gasteiger partial charge in [0.05, 0.1) is 24.7 Å². The van der Waals surface area contributed by atoms with Crippen LogP contribution in [0.5, 0.6) is 17.2 Å². The standard InChI is InChI=1S/C25H18F3NO6/c1-34-15-6-2-13(3-7-15)21-19(35-16-8-4-14(5-9-16)25(26,27)28)11-10-17-22(21)23(24(32)33)18(29-17)12-20(30)31/h2-11,29H,12H2,1H3,(H,30,31)(H,32,33). The smallest absolute Gasteiger partial charge is 0.416 e. The van der Waals surface area contributed by atoms with Crippen molar-refractivity contribution in [2.45, 2.75) is 12.6 Å². The Bertz CT molecular complexity index is 1410. The van der Waals surface area contributed by atoms with E-state index in [1.807, 2.05) is 0 Å². The van der Waals surface area contributed by atoms with E-state index < -0.39 is 30.1 Å². The molecule has 0 atom stereocenters. The lowest BCUT2D eigenvalue weighted by atomic mass is 9.96. The number of methoxy groups -OCH3 is 1. The van der Waals surface area contributed by atoms with Gasteiger partial charge < -0.3 is 24.7 Å². The van der Waals surface area contributed by atoms with E-state index in [1.54, 1.807) is 24.3 Å². The Morgan fingerprint density at radius 3 is 2.09 bits per heavy atom. The third kappa shape index (κ3) is 4.77. The van der Waals surface area contributed by atoms with Crippen LogP contribution in [0.3, 0.4) is 0 Å². The fraction of sp³-hybridized carbons (Fsp3) is 0.120. The minimum atomic E-state index is -4.51. The molecule has 3 N–H and O–H groups in total. The number of carboxylic acids is 2. The van der Waals surface area contributed by atoms with E-state index in [0.29, 0.717) is 22.4 Å². The fourth-order valence-electron chi connectivity index (χ4n) is 3.81. The Morgan fingerprint density at radius 1 is 0.914 bits per heavy atom. The van der Waals surface area contributed by atoms with Gasteiger partial charge in [-0.05, 0) is 54.1 Å². The molecule has 3 aromatic carbocycles. The molecule has 0 aliphatic rings. The second kappa shape index (κ2) is 9.05. The van der Waals surface area contributed by atoms with Crippen molar-refractivity contribution in [2.24, 2.45) is 0 Å². The second-order valence-corrected chi connectivity index (χ2v) is 7.57. The molecule has 0 aliphatic heterocycles. The molecule has 0 bridgehead atoms. The largest absolute Gasteiger partial charge is 0.497 e. The summed E-state index contributed by atoms with van der Waals surface area (Å²) in [6.07, 6.45) is -5.05. The number of hydrogen-bond donors (Lipinski definition) is 3. The van der Waals surface area contributed by atoms with Crippen molar-refractivity contribution < 1.29 is 42.4 Å². The summed E-state index contributed by atoms with van der Waals surface area (Å²) in [5.41, 5.74) is 0.154. The number of carbonyl (C=O) groups is 2. The van der Waals surface area contributed by atoms with Gasteiger partial charge in [0.25, 0.3) is 0 Å². The molecule has 0 unspecified atom stereocenters. The lowest BCUT2D eigenvalue weighted by Crippen LogP contribution is -2.07. The SMILES string of the molecule is COc1ccc(-c2c(Oc3ccc(C(F)(F)F)cc3)ccc3[nH]c(CC(=O)O)c(C(=O)O)c23)cc1. The van der Waals surface area contributed by atoms with E-state index >= 15 is 0 Å². The van der Waals surface area contributed by atoms with E-state index in [0.717, 1.165) is 24.3 Å². The number of hydrogen-bond acceptors (Lipinski definition) is 4. The predicted octanol–water partition coefficient (Wildman–Crippen LogP) is 5.98. The first-order chi connectivity index (χ1) is 16.6. The zero-order valence-corrected chi connectivity index (χ0v) is 18.1. The Hall–Kier alpha value is -4.47. The van der Waals surface area contributed by atoms with Gasteiger partial charge >= 0.3 is 18.1 Å². The molecule has 4 aromatic rings. The van der Waals surface area contributed by atoms with Crippen molar-refractivity contribution in [3.05, 3.63) is 77.5 Å². The van der Waals surface area contributed by atoms with Gasteiger partial charge in [0.15, 0.2) is 0 Å². The van der Waals surface area contributed by atoms with Crippen LogP contribution in [0.1, 0.15) is 21.6 Å². The number of carboxylic acid groups (broad SMARTS) is 2. The van der Waals surface area contributed by atoms with Crippen LogP contribution in [0.25, 0.3) is 22.0 Å². The first-order valence-corrected chi connectivity index (χ1v) is 10.2. The van der Waals surface area contributed by atoms with Gasteiger partial charge in [-0.1, -0.05) is 12.1 Å². The van der Waals surface area contributed by atoms with Crippen molar-refractivity contribution in [1.82, 2.24) is 4.98 Å². The molecule has 10 heteroatoms. The van der Waals surface area contributed by atoms with Crippen LogP contribution in [0.2, 0.25) is 0 Å². The van der Waals surface area contributed by atoms with Crippen LogP contribution in [0.4, 0.5) is 13.2 Å². The minimum Gasteiger partial charge on any atom is -0.497 e. The summed E-state index contributed by atoms with van der Waals surface area (Å²) in [6.45, 7) is 0. The van der Waals surface area contributed by atoms with Crippen LogP contribution >= 0.6 is 0 Å². The van der Waals surface area contributed by atoms with E-state index in [-0.39, 0.29) is 28.1 Å². The lowest BCUT2D eigenvalue weighted by Gasteiger charge is -2.15. The van der Waals surface area contributed by atoms with E-state index in [9.17, 15) is 33.0 Å². The van der Waals surface area contributed by atoms with Crippen LogP contribution in [-0.2, 0) is 17.4 Å². The quantitative estimate of drug-likeness (QED) is 0.297. The van der Waals surface area contributed by atoms with Gasteiger partial charge in [-0.15, -0.1) is 0 Å². The number of alkyl halides is 3. The second-order valence-electron chi connectivity index (χ2n) is 7.57. The maximum atomic E-state index is 12.9. The average Bonchev–Trinajstić information content (AvgIpc) is 3.16. The van der Waals surface area contributed by atoms with Crippen LogP contribution in [-0.4, -0.2) is 34.2 Å². The van der Waals surface area contributed by atoms with Crippen LogP contribution < -0.4 is 9.47 Å². The van der Waals surface area contributed by atoms with Gasteiger partial charge in [-0.3, -0.25) is 4.79 Å². The van der Waals surface area contributed by atoms with Gasteiger partial charge in [-0.2, -0.15) is 13.2 Å². The number of aromatic carboxylic acids is 1. The van der Waals surface area contributed by atoms with E-state index in [2.05, 4.69) is 4.98 Å². The highest BCUT2D eigenvalue weighted by atomic mass is 19.4. The van der Waals surface area contributed by atoms with E-state index in [1.165, 1.54) is 19.2 Å². The Kier molecular flexibility index (Phi) is 6.12. The molecular weight excluding hydrogens is 467 g/mol. The van der Waals surface area contributed by atoms with Crippen LogP contribution in [0, 0.1) is 0 Å². The van der Waals surface area contributed by atoms with Gasteiger partial charge in [-0.25, -0.2) is 4.79 Å². The number of nitrogens with one attached hydrogen (secondary N) is 1. The van der Waals surface area contributed by atoms with Gasteiger partial charge in [0.2, 0.25) is 0 Å². The van der Waals surface area contributed by atoms with Crippen molar-refractivity contribution in [1.29, 1.82) is 0 Å². The van der Waals surface area contributed by atoms with Crippen molar-refractivity contribution in [2.75, 3.05) is 7.11 Å². The topological polar surface area (TPSA) is 109 Å². The highest BCUT2D eigenvalue weighted by molar-refractivity contribution is 6.12. The minimum absolute atomic E-state index is 0.00133. The normalized spacial score (nSPS) is 11.4. The first-order valence-electron chi connectivity index (χ1n) is 10.2. The third-order valence-electron chi connectivity index (χ3n) is 5.33. The number of ether oxygens (including phenoxy) is 2. The molecule has 1 aromatic heterocycles. The van der Waals surface area contributed by atoms with Crippen LogP contribution in [0.15, 0.2) is 60.7 Å². The fourth-order valence-corrected chi connectivity index (χ4v) is 3.81. The van der Waals surface area contributed by atoms with Crippen molar-refractivity contribution in [3.63, 3.8) is 0 Å². The number of fused-ring (bicyclic) bond motifs is 1.